The van der Waals surface area contributed by atoms with E-state index in [0.717, 1.165) is 0 Å². The Hall–Kier alpha value is -2.48. The third-order valence-corrected chi connectivity index (χ3v) is 3.82. The number of amides is 1. The Bertz CT molecular complexity index is 632. The molecule has 1 aliphatic rings. The molecule has 1 N–H and O–H groups in total. The summed E-state index contributed by atoms with van der Waals surface area (Å²) < 4.78 is 5.00. The first-order valence-corrected chi connectivity index (χ1v) is 7.38. The van der Waals surface area contributed by atoms with Crippen molar-refractivity contribution >= 4 is 23.3 Å². The van der Waals surface area contributed by atoms with Gasteiger partial charge in [-0.15, -0.1) is 0 Å². The number of benzene rings is 1. The Labute approximate surface area is 133 Å². The molecule has 8 nitrogen and oxygen atoms in total. The summed E-state index contributed by atoms with van der Waals surface area (Å²) in [6.07, 6.45) is -0.0108. The number of aryl methyl sites for hydroxylation is 1. The first-order chi connectivity index (χ1) is 10.9. The molecule has 0 aliphatic carbocycles. The molecule has 0 bridgehead atoms. The Kier molecular flexibility index (Phi) is 5.28. The van der Waals surface area contributed by atoms with Crippen LogP contribution in [-0.2, 0) is 14.3 Å². The quantitative estimate of drug-likeness (QED) is 0.501. The van der Waals surface area contributed by atoms with Crippen LogP contribution in [0.25, 0.3) is 0 Å². The number of rotatable bonds is 5. The van der Waals surface area contributed by atoms with Crippen LogP contribution in [0.15, 0.2) is 18.2 Å². The van der Waals surface area contributed by atoms with Crippen molar-refractivity contribution in [3.05, 3.63) is 33.9 Å². The second kappa shape index (κ2) is 7.19. The summed E-state index contributed by atoms with van der Waals surface area (Å²) in [6, 6.07) is 3.62. The van der Waals surface area contributed by atoms with Gasteiger partial charge in [0.05, 0.1) is 11.3 Å². The molecule has 1 fully saturated rings. The molecule has 1 heterocycles. The monoisotopic (exact) mass is 321 g/mol. The third-order valence-electron chi connectivity index (χ3n) is 3.82. The van der Waals surface area contributed by atoms with Crippen molar-refractivity contribution in [2.24, 2.45) is 0 Å². The molecular weight excluding hydrogens is 302 g/mol. The number of likely N-dealkylation sites (N-methyl/N-ethyl adjacent to an activating group) is 1. The average molecular weight is 321 g/mol. The molecule has 1 saturated heterocycles. The summed E-state index contributed by atoms with van der Waals surface area (Å²) in [5.74, 6) is -0.724. The van der Waals surface area contributed by atoms with Gasteiger partial charge in [0.15, 0.2) is 0 Å². The van der Waals surface area contributed by atoms with Gasteiger partial charge in [0.25, 0.3) is 5.69 Å². The Morgan fingerprint density at radius 1 is 1.52 bits per heavy atom. The van der Waals surface area contributed by atoms with Gasteiger partial charge in [-0.3, -0.25) is 24.6 Å². The minimum Gasteiger partial charge on any atom is -0.463 e. The van der Waals surface area contributed by atoms with E-state index in [2.05, 4.69) is 5.32 Å². The number of hydrogen-bond donors (Lipinski definition) is 1. The highest BCUT2D eigenvalue weighted by molar-refractivity contribution is 5.95. The zero-order valence-electron chi connectivity index (χ0n) is 13.1. The van der Waals surface area contributed by atoms with Crippen LogP contribution in [0.4, 0.5) is 11.4 Å². The van der Waals surface area contributed by atoms with Crippen LogP contribution in [0, 0.1) is 17.0 Å². The Morgan fingerprint density at radius 3 is 2.87 bits per heavy atom. The molecule has 1 aromatic carbocycles. The molecule has 1 aromatic rings. The predicted octanol–water partition coefficient (Wildman–Crippen LogP) is 1.48. The normalized spacial score (nSPS) is 18.3. The van der Waals surface area contributed by atoms with Crippen LogP contribution >= 0.6 is 0 Å². The van der Waals surface area contributed by atoms with Gasteiger partial charge in [-0.2, -0.15) is 0 Å². The van der Waals surface area contributed by atoms with Gasteiger partial charge >= 0.3 is 5.97 Å². The van der Waals surface area contributed by atoms with E-state index >= 15 is 0 Å². The number of carbonyl (C=O) groups excluding carboxylic acids is 2. The summed E-state index contributed by atoms with van der Waals surface area (Å²) in [5.41, 5.74) is 1.05. The summed E-state index contributed by atoms with van der Waals surface area (Å²) in [4.78, 5) is 36.1. The molecule has 0 radical (unpaired) electrons. The van der Waals surface area contributed by atoms with E-state index in [0.29, 0.717) is 30.9 Å². The molecule has 1 amide bonds. The topological polar surface area (TPSA) is 102 Å². The lowest BCUT2D eigenvalue weighted by atomic mass is 10.1. The number of esters is 1. The largest absolute Gasteiger partial charge is 0.463 e. The van der Waals surface area contributed by atoms with E-state index in [9.17, 15) is 19.7 Å². The summed E-state index contributed by atoms with van der Waals surface area (Å²) in [6.45, 7) is 5.20. The van der Waals surface area contributed by atoms with Gasteiger partial charge < -0.3 is 10.1 Å². The van der Waals surface area contributed by atoms with Crippen molar-refractivity contribution < 1.29 is 19.2 Å². The second-order valence-corrected chi connectivity index (χ2v) is 5.32. The number of nitrogens with zero attached hydrogens (tertiary/aromatic N) is 2. The van der Waals surface area contributed by atoms with Crippen LogP contribution in [0.1, 0.15) is 18.9 Å². The second-order valence-electron chi connectivity index (χ2n) is 5.32. The molecule has 23 heavy (non-hydrogen) atoms. The molecule has 1 aliphatic heterocycles. The van der Waals surface area contributed by atoms with Crippen molar-refractivity contribution in [3.8, 4) is 0 Å². The van der Waals surface area contributed by atoms with Gasteiger partial charge in [-0.05, 0) is 25.1 Å². The minimum atomic E-state index is -0.591. The van der Waals surface area contributed by atoms with Crippen LogP contribution in [0.2, 0.25) is 0 Å². The van der Waals surface area contributed by atoms with E-state index < -0.39 is 16.9 Å². The lowest BCUT2D eigenvalue weighted by molar-refractivity contribution is -0.384. The first-order valence-electron chi connectivity index (χ1n) is 7.38. The maximum absolute atomic E-state index is 12.2. The third kappa shape index (κ3) is 4.04. The van der Waals surface area contributed by atoms with Gasteiger partial charge in [-0.1, -0.05) is 6.92 Å². The van der Waals surface area contributed by atoms with Gasteiger partial charge in [0.2, 0.25) is 5.91 Å². The van der Waals surface area contributed by atoms with Crippen molar-refractivity contribution in [1.29, 1.82) is 0 Å². The standard InChI is InChI=1S/C15H19N3O5/c1-3-17-6-7-23-15(20)13(17)9-14(19)16-12-5-4-11(18(21)22)8-10(12)2/h4-5,8,13H,3,6-7,9H2,1-2H3,(H,16,19)/t13-/m0/s1. The summed E-state index contributed by atoms with van der Waals surface area (Å²) >= 11 is 0. The number of cyclic esters (lactones) is 1. The molecule has 124 valence electrons. The van der Waals surface area contributed by atoms with Gasteiger partial charge in [0.1, 0.15) is 12.6 Å². The molecular formula is C15H19N3O5. The van der Waals surface area contributed by atoms with E-state index in [1.165, 1.54) is 18.2 Å². The van der Waals surface area contributed by atoms with E-state index in [4.69, 9.17) is 4.74 Å². The fourth-order valence-electron chi connectivity index (χ4n) is 2.53. The number of nitro groups is 1. The fourth-order valence-corrected chi connectivity index (χ4v) is 2.53. The predicted molar refractivity (Wildman–Crippen MR) is 83.1 cm³/mol. The highest BCUT2D eigenvalue weighted by Crippen LogP contribution is 2.22. The van der Waals surface area contributed by atoms with E-state index in [1.807, 2.05) is 11.8 Å². The Balaban J connectivity index is 2.04. The van der Waals surface area contributed by atoms with Crippen molar-refractivity contribution in [2.45, 2.75) is 26.3 Å². The highest BCUT2D eigenvalue weighted by Gasteiger charge is 2.32. The molecule has 2 rings (SSSR count). The molecule has 0 saturated carbocycles. The minimum absolute atomic E-state index is 0.0108. The number of morpholine rings is 1. The number of carbonyl (C=O) groups is 2. The highest BCUT2D eigenvalue weighted by atomic mass is 16.6. The maximum atomic E-state index is 12.2. The van der Waals surface area contributed by atoms with Crippen LogP contribution in [0.5, 0.6) is 0 Å². The number of anilines is 1. The summed E-state index contributed by atoms with van der Waals surface area (Å²) in [7, 11) is 0. The van der Waals surface area contributed by atoms with Crippen LogP contribution in [0.3, 0.4) is 0 Å². The zero-order chi connectivity index (χ0) is 17.0. The fraction of sp³-hybridized carbons (Fsp3) is 0.467. The maximum Gasteiger partial charge on any atom is 0.323 e. The molecule has 8 heteroatoms. The van der Waals surface area contributed by atoms with Crippen LogP contribution in [-0.4, -0.2) is 47.4 Å². The molecule has 0 spiro atoms. The van der Waals surface area contributed by atoms with Gasteiger partial charge in [0, 0.05) is 24.4 Å². The lowest BCUT2D eigenvalue weighted by Crippen LogP contribution is -2.50. The van der Waals surface area contributed by atoms with Crippen molar-refractivity contribution in [1.82, 2.24) is 4.90 Å². The van der Waals surface area contributed by atoms with E-state index in [1.54, 1.807) is 6.92 Å². The molecule has 0 aromatic heterocycles. The Morgan fingerprint density at radius 2 is 2.26 bits per heavy atom. The SMILES string of the molecule is CCN1CCOC(=O)[C@@H]1CC(=O)Nc1ccc([N+](=O)[O-])cc1C. The van der Waals surface area contributed by atoms with Gasteiger partial charge in [-0.25, -0.2) is 0 Å². The summed E-state index contributed by atoms with van der Waals surface area (Å²) in [5, 5.41) is 13.4. The number of nitro benzene ring substituents is 1. The van der Waals surface area contributed by atoms with E-state index in [-0.39, 0.29) is 18.0 Å². The number of nitrogens with one attached hydrogen (secondary N) is 1. The van der Waals surface area contributed by atoms with Crippen molar-refractivity contribution in [3.63, 3.8) is 0 Å². The first kappa shape index (κ1) is 16.9. The number of hydrogen-bond acceptors (Lipinski definition) is 6. The molecule has 1 atom stereocenters. The smallest absolute Gasteiger partial charge is 0.323 e. The zero-order valence-corrected chi connectivity index (χ0v) is 13.1. The lowest BCUT2D eigenvalue weighted by Gasteiger charge is -2.32. The number of ether oxygens (including phenoxy) is 1. The van der Waals surface area contributed by atoms with Crippen LogP contribution < -0.4 is 5.32 Å². The molecule has 0 unspecified atom stereocenters. The average Bonchev–Trinajstić information content (AvgIpc) is 2.51. The number of non-ortho nitro benzene ring substituents is 1. The van der Waals surface area contributed by atoms with Crippen molar-refractivity contribution in [2.75, 3.05) is 25.0 Å².